The average Bonchev–Trinajstić information content (AvgIpc) is 2.72. The molecular weight excluding hydrogens is 449 g/mol. The number of aliphatic hydroxyl groups excluding tert-OH is 1. The average molecular weight is 466 g/mol. The van der Waals surface area contributed by atoms with Gasteiger partial charge < -0.3 is 15.1 Å². The maximum atomic E-state index is 14.0. The maximum Gasteiger partial charge on any atom is 0.311 e. The summed E-state index contributed by atoms with van der Waals surface area (Å²) in [5, 5.41) is 41.6. The standard InChI is InChI=1S/C20H17ClFN3O5S/c1-24(9-12-6-14(21)3-4-16(12)22)20(28)15(8-23)18(26)11-5-13(10-31-2)19(27)17(7-11)25(29)30/h3-7,26-27H,9-10H2,1-2H3/b18-15-. The Morgan fingerprint density at radius 2 is 2.03 bits per heavy atom. The van der Waals surface area contributed by atoms with Gasteiger partial charge in [-0.3, -0.25) is 14.9 Å². The van der Waals surface area contributed by atoms with Gasteiger partial charge in [0.1, 0.15) is 17.6 Å². The monoisotopic (exact) mass is 465 g/mol. The van der Waals surface area contributed by atoms with Crippen LogP contribution < -0.4 is 0 Å². The molecule has 2 N–H and O–H groups in total. The number of nitro groups is 1. The Hall–Kier alpha value is -3.29. The number of rotatable bonds is 7. The Morgan fingerprint density at radius 1 is 1.35 bits per heavy atom. The third-order valence-corrected chi connectivity index (χ3v) is 5.10. The first-order valence-corrected chi connectivity index (χ1v) is 10.4. The van der Waals surface area contributed by atoms with Gasteiger partial charge in [0.05, 0.1) is 4.92 Å². The third-order valence-electron chi connectivity index (χ3n) is 4.26. The van der Waals surface area contributed by atoms with Crippen molar-refractivity contribution in [2.45, 2.75) is 12.3 Å². The van der Waals surface area contributed by atoms with Gasteiger partial charge in [0, 0.05) is 47.1 Å². The number of carbonyl (C=O) groups is 1. The van der Waals surface area contributed by atoms with Gasteiger partial charge in [0.2, 0.25) is 0 Å². The molecule has 0 aliphatic rings. The predicted molar refractivity (Wildman–Crippen MR) is 115 cm³/mol. The minimum atomic E-state index is -0.929. The molecule has 0 aromatic heterocycles. The van der Waals surface area contributed by atoms with Crippen molar-refractivity contribution in [2.24, 2.45) is 0 Å². The van der Waals surface area contributed by atoms with Crippen molar-refractivity contribution in [2.75, 3.05) is 13.3 Å². The second kappa shape index (κ2) is 10.1. The minimum Gasteiger partial charge on any atom is -0.506 e. The summed E-state index contributed by atoms with van der Waals surface area (Å²) in [7, 11) is 1.30. The largest absolute Gasteiger partial charge is 0.506 e. The highest BCUT2D eigenvalue weighted by atomic mass is 35.5. The molecule has 162 valence electrons. The van der Waals surface area contributed by atoms with Gasteiger partial charge in [-0.2, -0.15) is 17.0 Å². The molecule has 11 heteroatoms. The molecule has 0 saturated carbocycles. The Balaban J connectivity index is 2.48. The lowest BCUT2D eigenvalue weighted by molar-refractivity contribution is -0.385. The minimum absolute atomic E-state index is 0.0997. The zero-order valence-corrected chi connectivity index (χ0v) is 18.0. The van der Waals surface area contributed by atoms with Crippen LogP contribution in [-0.2, 0) is 17.1 Å². The van der Waals surface area contributed by atoms with Crippen molar-refractivity contribution >= 4 is 40.7 Å². The number of carbonyl (C=O) groups excluding carboxylic acids is 1. The number of halogens is 2. The van der Waals surface area contributed by atoms with E-state index in [1.165, 1.54) is 37.0 Å². The highest BCUT2D eigenvalue weighted by Gasteiger charge is 2.25. The normalized spacial score (nSPS) is 11.5. The zero-order chi connectivity index (χ0) is 23.3. The summed E-state index contributed by atoms with van der Waals surface area (Å²) < 4.78 is 14.0. The van der Waals surface area contributed by atoms with E-state index < -0.39 is 39.4 Å². The van der Waals surface area contributed by atoms with E-state index in [2.05, 4.69) is 0 Å². The molecule has 1 amide bonds. The Kier molecular flexibility index (Phi) is 7.85. The van der Waals surface area contributed by atoms with E-state index in [1.807, 2.05) is 0 Å². The second-order valence-electron chi connectivity index (χ2n) is 6.43. The first kappa shape index (κ1) is 24.0. The molecule has 0 fully saturated rings. The van der Waals surface area contributed by atoms with Crippen LogP contribution in [0.2, 0.25) is 5.02 Å². The molecule has 0 atom stereocenters. The molecular formula is C20H17ClFN3O5S. The van der Waals surface area contributed by atoms with Gasteiger partial charge in [0.25, 0.3) is 5.91 Å². The van der Waals surface area contributed by atoms with Crippen LogP contribution >= 0.6 is 23.4 Å². The molecule has 0 radical (unpaired) electrons. The van der Waals surface area contributed by atoms with Gasteiger partial charge in [-0.25, -0.2) is 4.39 Å². The van der Waals surface area contributed by atoms with Crippen LogP contribution in [0.5, 0.6) is 5.75 Å². The molecule has 0 spiro atoms. The summed E-state index contributed by atoms with van der Waals surface area (Å²) in [6.45, 7) is -0.239. The summed E-state index contributed by atoms with van der Waals surface area (Å²) in [5.74, 6) is -2.70. The van der Waals surface area contributed by atoms with Crippen LogP contribution in [0.1, 0.15) is 16.7 Å². The molecule has 2 aromatic carbocycles. The zero-order valence-electron chi connectivity index (χ0n) is 16.4. The summed E-state index contributed by atoms with van der Waals surface area (Å²) in [6.07, 6.45) is 1.71. The SMILES string of the molecule is CSCc1cc(/C(O)=C(\C#N)C(=O)N(C)Cc2cc(Cl)ccc2F)cc([N+](=O)[O-])c1O. The second-order valence-corrected chi connectivity index (χ2v) is 7.73. The van der Waals surface area contributed by atoms with Crippen molar-refractivity contribution in [3.63, 3.8) is 0 Å². The van der Waals surface area contributed by atoms with Gasteiger partial charge in [-0.05, 0) is 30.5 Å². The number of thioether (sulfide) groups is 1. The van der Waals surface area contributed by atoms with Crippen molar-refractivity contribution in [1.82, 2.24) is 4.90 Å². The Labute approximate surface area is 186 Å². The molecule has 0 aliphatic heterocycles. The van der Waals surface area contributed by atoms with E-state index >= 15 is 0 Å². The predicted octanol–water partition coefficient (Wildman–Crippen LogP) is 4.41. The number of nitrogens with zero attached hydrogens (tertiary/aromatic N) is 3. The van der Waals surface area contributed by atoms with E-state index in [0.717, 1.165) is 17.0 Å². The lowest BCUT2D eigenvalue weighted by Gasteiger charge is -2.18. The molecule has 0 unspecified atom stereocenters. The number of hydrogen-bond donors (Lipinski definition) is 2. The number of aliphatic hydroxyl groups is 1. The number of phenols is 1. The van der Waals surface area contributed by atoms with Gasteiger partial charge >= 0.3 is 5.69 Å². The summed E-state index contributed by atoms with van der Waals surface area (Å²) in [5.41, 5.74) is -1.29. The van der Waals surface area contributed by atoms with Gasteiger partial charge in [-0.15, -0.1) is 0 Å². The fraction of sp³-hybridized carbons (Fsp3) is 0.200. The van der Waals surface area contributed by atoms with E-state index in [-0.39, 0.29) is 34.0 Å². The van der Waals surface area contributed by atoms with Crippen LogP contribution in [0.15, 0.2) is 35.9 Å². The van der Waals surface area contributed by atoms with Crippen molar-refractivity contribution < 1.29 is 24.3 Å². The molecule has 2 rings (SSSR count). The number of likely N-dealkylation sites (N-methyl/N-ethyl adjacent to an activating group) is 1. The summed E-state index contributed by atoms with van der Waals surface area (Å²) >= 11 is 7.12. The van der Waals surface area contributed by atoms with Crippen LogP contribution in [0, 0.1) is 27.3 Å². The van der Waals surface area contributed by atoms with Crippen molar-refractivity contribution in [3.05, 3.63) is 73.5 Å². The molecule has 8 nitrogen and oxygen atoms in total. The fourth-order valence-corrected chi connectivity index (χ4v) is 3.47. The van der Waals surface area contributed by atoms with Gasteiger partial charge in [-0.1, -0.05) is 11.6 Å². The third kappa shape index (κ3) is 5.45. The van der Waals surface area contributed by atoms with Crippen LogP contribution in [-0.4, -0.2) is 39.2 Å². The molecule has 2 aromatic rings. The number of nitriles is 1. The highest BCUT2D eigenvalue weighted by Crippen LogP contribution is 2.35. The summed E-state index contributed by atoms with van der Waals surface area (Å²) in [6, 6.07) is 7.53. The lowest BCUT2D eigenvalue weighted by Crippen LogP contribution is -2.28. The van der Waals surface area contributed by atoms with Crippen LogP contribution in [0.4, 0.5) is 10.1 Å². The number of amides is 1. The van der Waals surface area contributed by atoms with Crippen LogP contribution in [0.25, 0.3) is 5.76 Å². The molecule has 31 heavy (non-hydrogen) atoms. The van der Waals surface area contributed by atoms with E-state index in [0.29, 0.717) is 0 Å². The van der Waals surface area contributed by atoms with Gasteiger partial charge in [0.15, 0.2) is 11.3 Å². The lowest BCUT2D eigenvalue weighted by atomic mass is 10.0. The first-order valence-electron chi connectivity index (χ1n) is 8.63. The Bertz CT molecular complexity index is 1120. The molecule has 0 bridgehead atoms. The quantitative estimate of drug-likeness (QED) is 0.204. The van der Waals surface area contributed by atoms with E-state index in [1.54, 1.807) is 12.3 Å². The number of hydrogen-bond acceptors (Lipinski definition) is 7. The Morgan fingerprint density at radius 3 is 2.61 bits per heavy atom. The molecule has 0 heterocycles. The van der Waals surface area contributed by atoms with Crippen LogP contribution in [0.3, 0.4) is 0 Å². The number of nitro benzene ring substituents is 1. The van der Waals surface area contributed by atoms with E-state index in [4.69, 9.17) is 11.6 Å². The number of phenolic OH excluding ortho intramolecular Hbond substituents is 1. The summed E-state index contributed by atoms with van der Waals surface area (Å²) in [4.78, 5) is 24.1. The fourth-order valence-electron chi connectivity index (χ4n) is 2.75. The topological polar surface area (TPSA) is 128 Å². The molecule has 0 saturated heterocycles. The number of benzene rings is 2. The maximum absolute atomic E-state index is 14.0. The first-order chi connectivity index (χ1) is 14.6. The van der Waals surface area contributed by atoms with Crippen molar-refractivity contribution in [1.29, 1.82) is 5.26 Å². The van der Waals surface area contributed by atoms with Crippen molar-refractivity contribution in [3.8, 4) is 11.8 Å². The van der Waals surface area contributed by atoms with E-state index in [9.17, 15) is 34.8 Å². The number of aromatic hydroxyl groups is 1. The molecule has 0 aliphatic carbocycles. The highest BCUT2D eigenvalue weighted by molar-refractivity contribution is 7.97. The smallest absolute Gasteiger partial charge is 0.311 e.